The van der Waals surface area contributed by atoms with E-state index in [4.69, 9.17) is 4.42 Å². The Bertz CT molecular complexity index is 1150. The Kier molecular flexibility index (Phi) is 4.79. The number of nitrogens with one attached hydrogen (secondary N) is 1. The molecule has 2 aromatic carbocycles. The first kappa shape index (κ1) is 19.1. The molecular weight excluding hydrogens is 387 g/mol. The second-order valence-electron chi connectivity index (χ2n) is 6.70. The average molecular weight is 405 g/mol. The zero-order chi connectivity index (χ0) is 20.6. The van der Waals surface area contributed by atoms with Crippen molar-refractivity contribution < 1.29 is 22.3 Å². The van der Waals surface area contributed by atoms with E-state index in [2.05, 4.69) is 24.9 Å². The van der Waals surface area contributed by atoms with Crippen molar-refractivity contribution >= 4 is 34.1 Å². The van der Waals surface area contributed by atoms with Crippen molar-refractivity contribution in [1.29, 1.82) is 0 Å². The summed E-state index contributed by atoms with van der Waals surface area (Å²) in [6, 6.07) is 11.6. The van der Waals surface area contributed by atoms with E-state index in [0.717, 1.165) is 23.6 Å². The molecule has 2 aromatic heterocycles. The molecule has 0 saturated heterocycles. The molecule has 0 aliphatic carbocycles. The highest BCUT2D eigenvalue weighted by atomic mass is 19.4. The van der Waals surface area contributed by atoms with Crippen LogP contribution in [0.2, 0.25) is 0 Å². The molecule has 0 spiro atoms. The van der Waals surface area contributed by atoms with Gasteiger partial charge < -0.3 is 18.6 Å². The topological polar surface area (TPSA) is 68.4 Å². The Hall–Kier alpha value is -3.27. The van der Waals surface area contributed by atoms with Crippen molar-refractivity contribution in [3.8, 4) is 5.75 Å². The number of anilines is 2. The molecule has 29 heavy (non-hydrogen) atoms. The Labute approximate surface area is 163 Å². The lowest BCUT2D eigenvalue weighted by Crippen LogP contribution is -2.19. The van der Waals surface area contributed by atoms with E-state index in [1.165, 1.54) is 12.1 Å². The summed E-state index contributed by atoms with van der Waals surface area (Å²) in [5, 5.41) is 3.04. The van der Waals surface area contributed by atoms with Crippen LogP contribution in [0.3, 0.4) is 0 Å². The lowest BCUT2D eigenvalue weighted by atomic mass is 10.3. The second kappa shape index (κ2) is 7.28. The number of fused-ring (bicyclic) bond motifs is 2. The zero-order valence-corrected chi connectivity index (χ0v) is 15.7. The van der Waals surface area contributed by atoms with Gasteiger partial charge in [-0.15, -0.1) is 13.2 Å². The highest BCUT2D eigenvalue weighted by Crippen LogP contribution is 2.29. The summed E-state index contributed by atoms with van der Waals surface area (Å²) in [6.45, 7) is 1.47. The number of halogens is 3. The molecule has 7 nitrogen and oxygen atoms in total. The number of hydrogen-bond acceptors (Lipinski definition) is 6. The molecule has 0 unspecified atom stereocenters. The van der Waals surface area contributed by atoms with Gasteiger partial charge >= 0.3 is 12.4 Å². The Balaban J connectivity index is 1.65. The van der Waals surface area contributed by atoms with Crippen molar-refractivity contribution in [2.45, 2.75) is 12.9 Å². The molecule has 152 valence electrons. The van der Waals surface area contributed by atoms with Crippen molar-refractivity contribution in [3.63, 3.8) is 0 Å². The summed E-state index contributed by atoms with van der Waals surface area (Å²) in [7, 11) is 3.96. The largest absolute Gasteiger partial charge is 0.573 e. The van der Waals surface area contributed by atoms with Crippen LogP contribution in [0.4, 0.5) is 25.1 Å². The highest BCUT2D eigenvalue weighted by Gasteiger charge is 2.31. The molecule has 0 bridgehead atoms. The number of rotatable bonds is 6. The lowest BCUT2D eigenvalue weighted by Gasteiger charge is -2.13. The summed E-state index contributed by atoms with van der Waals surface area (Å²) < 4.78 is 48.7. The number of benzene rings is 2. The number of oxazole rings is 1. The van der Waals surface area contributed by atoms with Crippen LogP contribution in [-0.2, 0) is 6.54 Å². The smallest absolute Gasteiger partial charge is 0.423 e. The first-order valence-corrected chi connectivity index (χ1v) is 8.82. The number of para-hydroxylation sites is 2. The predicted octanol–water partition coefficient (Wildman–Crippen LogP) is 4.38. The average Bonchev–Trinajstić information content (AvgIpc) is 3.18. The number of hydrogen-bond donors (Lipinski definition) is 1. The molecule has 0 aliphatic heterocycles. The first-order valence-electron chi connectivity index (χ1n) is 8.82. The number of nitrogens with zero attached hydrogens (tertiary/aromatic N) is 4. The maximum absolute atomic E-state index is 12.4. The molecule has 0 fully saturated rings. The third-order valence-corrected chi connectivity index (χ3v) is 4.24. The van der Waals surface area contributed by atoms with Gasteiger partial charge in [-0.25, -0.2) is 4.98 Å². The van der Waals surface area contributed by atoms with Crippen LogP contribution in [0.25, 0.3) is 22.1 Å². The summed E-state index contributed by atoms with van der Waals surface area (Å²) in [4.78, 5) is 10.9. The number of alkyl halides is 3. The molecule has 4 aromatic rings. The van der Waals surface area contributed by atoms with Gasteiger partial charge in [-0.1, -0.05) is 12.1 Å². The van der Waals surface area contributed by atoms with Gasteiger partial charge in [-0.05, 0) is 38.4 Å². The van der Waals surface area contributed by atoms with Gasteiger partial charge in [0.1, 0.15) is 11.3 Å². The van der Waals surface area contributed by atoms with Gasteiger partial charge in [-0.3, -0.25) is 5.32 Å². The van der Waals surface area contributed by atoms with Crippen LogP contribution < -0.4 is 10.1 Å². The minimum absolute atomic E-state index is 0.130. The summed E-state index contributed by atoms with van der Waals surface area (Å²) in [5.74, 6) is 0.164. The van der Waals surface area contributed by atoms with E-state index >= 15 is 0 Å². The van der Waals surface area contributed by atoms with Crippen molar-refractivity contribution in [1.82, 2.24) is 19.4 Å². The van der Waals surface area contributed by atoms with Crippen molar-refractivity contribution in [2.75, 3.05) is 26.0 Å². The van der Waals surface area contributed by atoms with E-state index in [-0.39, 0.29) is 17.3 Å². The van der Waals surface area contributed by atoms with Crippen LogP contribution in [0.15, 0.2) is 46.9 Å². The van der Waals surface area contributed by atoms with Gasteiger partial charge in [0, 0.05) is 19.2 Å². The van der Waals surface area contributed by atoms with Crippen LogP contribution >= 0.6 is 0 Å². The molecule has 10 heteroatoms. The Morgan fingerprint density at radius 3 is 2.66 bits per heavy atom. The first-order chi connectivity index (χ1) is 13.8. The molecule has 0 amide bonds. The highest BCUT2D eigenvalue weighted by molar-refractivity contribution is 5.80. The molecule has 1 N–H and O–H groups in total. The summed E-state index contributed by atoms with van der Waals surface area (Å²) in [5.41, 5.74) is 2.34. The molecular formula is C19H18F3N5O2. The second-order valence-corrected chi connectivity index (χ2v) is 6.70. The van der Waals surface area contributed by atoms with E-state index in [1.807, 2.05) is 42.9 Å². The summed E-state index contributed by atoms with van der Waals surface area (Å²) in [6.07, 6.45) is -4.77. The summed E-state index contributed by atoms with van der Waals surface area (Å²) >= 11 is 0. The predicted molar refractivity (Wildman–Crippen MR) is 102 cm³/mol. The van der Waals surface area contributed by atoms with Crippen LogP contribution in [0, 0.1) is 0 Å². The maximum Gasteiger partial charge on any atom is 0.573 e. The minimum atomic E-state index is -4.77. The molecule has 0 atom stereocenters. The van der Waals surface area contributed by atoms with Crippen LogP contribution in [0.5, 0.6) is 5.75 Å². The standard InChI is InChI=1S/C19H18F3N5O2/c1-26(2)9-10-27-15-6-4-3-5-13(15)23-17(27)25-18-24-14-8-7-12(11-16(14)28-18)29-19(20,21)22/h3-8,11H,9-10H2,1-2H3,(H,23,24,25). The van der Waals surface area contributed by atoms with Gasteiger partial charge in [0.2, 0.25) is 5.95 Å². The Morgan fingerprint density at radius 2 is 1.90 bits per heavy atom. The van der Waals surface area contributed by atoms with E-state index in [0.29, 0.717) is 18.0 Å². The van der Waals surface area contributed by atoms with Gasteiger partial charge in [-0.2, -0.15) is 4.98 Å². The fourth-order valence-electron chi connectivity index (χ4n) is 2.95. The number of imidazole rings is 1. The van der Waals surface area contributed by atoms with Crippen LogP contribution in [-0.4, -0.2) is 46.4 Å². The number of aromatic nitrogens is 3. The molecule has 4 rings (SSSR count). The van der Waals surface area contributed by atoms with Gasteiger partial charge in [0.05, 0.1) is 11.0 Å². The molecule has 0 radical (unpaired) electrons. The number of ether oxygens (including phenoxy) is 1. The number of likely N-dealkylation sites (N-methyl/N-ethyl adjacent to an activating group) is 1. The maximum atomic E-state index is 12.4. The van der Waals surface area contributed by atoms with Crippen LogP contribution in [0.1, 0.15) is 0 Å². The van der Waals surface area contributed by atoms with Crippen molar-refractivity contribution in [3.05, 3.63) is 42.5 Å². The van der Waals surface area contributed by atoms with Crippen molar-refractivity contribution in [2.24, 2.45) is 0 Å². The molecule has 0 aliphatic rings. The Morgan fingerprint density at radius 1 is 1.10 bits per heavy atom. The minimum Gasteiger partial charge on any atom is -0.423 e. The van der Waals surface area contributed by atoms with E-state index in [9.17, 15) is 13.2 Å². The monoisotopic (exact) mass is 405 g/mol. The van der Waals surface area contributed by atoms with Gasteiger partial charge in [0.15, 0.2) is 5.58 Å². The van der Waals surface area contributed by atoms with E-state index in [1.54, 1.807) is 0 Å². The molecule has 2 heterocycles. The fraction of sp³-hybridized carbons (Fsp3) is 0.263. The normalized spacial score (nSPS) is 12.2. The van der Waals surface area contributed by atoms with Gasteiger partial charge in [0.25, 0.3) is 0 Å². The quantitative estimate of drug-likeness (QED) is 0.514. The SMILES string of the molecule is CN(C)CCn1c(Nc2nc3ccc(OC(F)(F)F)cc3o2)nc2ccccc21. The van der Waals surface area contributed by atoms with E-state index < -0.39 is 6.36 Å². The third kappa shape index (κ3) is 4.27. The zero-order valence-electron chi connectivity index (χ0n) is 15.7. The fourth-order valence-corrected chi connectivity index (χ4v) is 2.95. The third-order valence-electron chi connectivity index (χ3n) is 4.24. The lowest BCUT2D eigenvalue weighted by molar-refractivity contribution is -0.274. The molecule has 0 saturated carbocycles.